The molecule has 0 aliphatic heterocycles. The van der Waals surface area contributed by atoms with Gasteiger partial charge in [0.2, 0.25) is 0 Å². The third-order valence-electron chi connectivity index (χ3n) is 2.84. The largest absolute Gasteiger partial charge is 0.301 e. The highest BCUT2D eigenvalue weighted by Gasteiger charge is 2.08. The number of benzene rings is 1. The number of hydrogen-bond acceptors (Lipinski definition) is 3. The summed E-state index contributed by atoms with van der Waals surface area (Å²) in [7, 11) is 0. The van der Waals surface area contributed by atoms with Gasteiger partial charge in [0.15, 0.2) is 0 Å². The van der Waals surface area contributed by atoms with Crippen molar-refractivity contribution >= 4 is 32.5 Å². The van der Waals surface area contributed by atoms with Gasteiger partial charge in [-0.3, -0.25) is 10.1 Å². The molecule has 0 fully saturated rings. The Bertz CT molecular complexity index is 765. The number of halogens is 1. The van der Waals surface area contributed by atoms with Gasteiger partial charge in [-0.15, -0.1) is 0 Å². The van der Waals surface area contributed by atoms with Crippen molar-refractivity contribution in [2.24, 2.45) is 0 Å². The van der Waals surface area contributed by atoms with Gasteiger partial charge in [0.25, 0.3) is 5.69 Å². The van der Waals surface area contributed by atoms with Crippen LogP contribution >= 0.6 is 15.9 Å². The van der Waals surface area contributed by atoms with Crippen molar-refractivity contribution in [3.05, 3.63) is 63.4 Å². The molecule has 0 aliphatic rings. The van der Waals surface area contributed by atoms with Gasteiger partial charge >= 0.3 is 0 Å². The van der Waals surface area contributed by atoms with E-state index >= 15 is 0 Å². The first-order chi connectivity index (χ1) is 9.15. The predicted octanol–water partition coefficient (Wildman–Crippen LogP) is 3.70. The summed E-state index contributed by atoms with van der Waals surface area (Å²) in [5.41, 5.74) is 0.993. The fourth-order valence-electron chi connectivity index (χ4n) is 1.94. The molecule has 6 heteroatoms. The number of fused-ring (bicyclic) bond motifs is 1. The lowest BCUT2D eigenvalue weighted by Crippen LogP contribution is -1.96. The lowest BCUT2D eigenvalue weighted by molar-refractivity contribution is -0.385. The molecule has 5 nitrogen and oxygen atoms in total. The summed E-state index contributed by atoms with van der Waals surface area (Å²) in [4.78, 5) is 14.3. The Morgan fingerprint density at radius 2 is 2.05 bits per heavy atom. The van der Waals surface area contributed by atoms with E-state index in [1.165, 1.54) is 12.3 Å². The maximum atomic E-state index is 10.6. The highest BCUT2D eigenvalue weighted by atomic mass is 79.9. The Hall–Kier alpha value is -2.21. The molecular weight excluding hydrogens is 310 g/mol. The fraction of sp³-hybridized carbons (Fsp3) is 0. The van der Waals surface area contributed by atoms with Gasteiger partial charge in [-0.1, -0.05) is 15.9 Å². The van der Waals surface area contributed by atoms with E-state index in [-0.39, 0.29) is 5.69 Å². The second-order valence-corrected chi connectivity index (χ2v) is 4.94. The first-order valence-corrected chi connectivity index (χ1v) is 6.32. The van der Waals surface area contributed by atoms with E-state index in [0.29, 0.717) is 5.82 Å². The lowest BCUT2D eigenvalue weighted by Gasteiger charge is -2.04. The molecule has 0 saturated carbocycles. The third-order valence-corrected chi connectivity index (χ3v) is 3.34. The summed E-state index contributed by atoms with van der Waals surface area (Å²) >= 11 is 3.42. The van der Waals surface area contributed by atoms with Crippen LogP contribution in [0.1, 0.15) is 0 Å². The normalized spacial score (nSPS) is 10.8. The van der Waals surface area contributed by atoms with Gasteiger partial charge in [-0.05, 0) is 30.3 Å². The zero-order chi connectivity index (χ0) is 13.4. The second-order valence-electron chi connectivity index (χ2n) is 4.02. The van der Waals surface area contributed by atoms with Crippen LogP contribution in [0.2, 0.25) is 0 Å². The molecule has 0 radical (unpaired) electrons. The van der Waals surface area contributed by atoms with Crippen LogP contribution in [-0.2, 0) is 0 Å². The average molecular weight is 318 g/mol. The minimum atomic E-state index is -0.457. The third kappa shape index (κ3) is 2.10. The predicted molar refractivity (Wildman–Crippen MR) is 75.4 cm³/mol. The minimum Gasteiger partial charge on any atom is -0.301 e. The van der Waals surface area contributed by atoms with Gasteiger partial charge in [-0.2, -0.15) is 0 Å². The first kappa shape index (κ1) is 11.9. The molecule has 3 rings (SSSR count). The van der Waals surface area contributed by atoms with Crippen LogP contribution in [0.15, 0.2) is 53.3 Å². The molecule has 94 valence electrons. The molecule has 19 heavy (non-hydrogen) atoms. The molecule has 2 heterocycles. The minimum absolute atomic E-state index is 0.0112. The molecule has 3 aromatic rings. The number of nitrogens with zero attached hydrogens (tertiary/aromatic N) is 3. The molecule has 0 aliphatic carbocycles. The van der Waals surface area contributed by atoms with Gasteiger partial charge in [0.1, 0.15) is 12.0 Å². The van der Waals surface area contributed by atoms with Crippen LogP contribution in [0.3, 0.4) is 0 Å². The van der Waals surface area contributed by atoms with E-state index < -0.39 is 4.92 Å². The summed E-state index contributed by atoms with van der Waals surface area (Å²) in [6.45, 7) is 0. The standard InChI is InChI=1S/C13H8BrN3O2/c14-10-1-3-12-9(7-10)5-6-16(12)13-4-2-11(8-15-13)17(18)19/h1-8H. The van der Waals surface area contributed by atoms with E-state index in [2.05, 4.69) is 20.9 Å². The van der Waals surface area contributed by atoms with Crippen LogP contribution in [0.5, 0.6) is 0 Å². The van der Waals surface area contributed by atoms with E-state index in [1.807, 2.05) is 35.0 Å². The number of nitro groups is 1. The van der Waals surface area contributed by atoms with Crippen molar-refractivity contribution in [2.75, 3.05) is 0 Å². The maximum absolute atomic E-state index is 10.6. The molecule has 1 aromatic carbocycles. The van der Waals surface area contributed by atoms with Crippen molar-refractivity contribution in [2.45, 2.75) is 0 Å². The van der Waals surface area contributed by atoms with Crippen LogP contribution in [0, 0.1) is 10.1 Å². The van der Waals surface area contributed by atoms with E-state index in [0.717, 1.165) is 15.4 Å². The van der Waals surface area contributed by atoms with Crippen LogP contribution in [-0.4, -0.2) is 14.5 Å². The Kier molecular flexibility index (Phi) is 2.79. The summed E-state index contributed by atoms with van der Waals surface area (Å²) in [5.74, 6) is 0.655. The van der Waals surface area contributed by atoms with Gasteiger partial charge < -0.3 is 4.57 Å². The maximum Gasteiger partial charge on any atom is 0.287 e. The number of rotatable bonds is 2. The lowest BCUT2D eigenvalue weighted by atomic mass is 10.2. The molecule has 0 spiro atoms. The second kappa shape index (κ2) is 4.47. The fourth-order valence-corrected chi connectivity index (χ4v) is 2.32. The monoisotopic (exact) mass is 317 g/mol. The summed E-state index contributed by atoms with van der Waals surface area (Å²) in [6, 6.07) is 11.0. The van der Waals surface area contributed by atoms with Gasteiger partial charge in [0, 0.05) is 22.1 Å². The Balaban J connectivity index is 2.11. The van der Waals surface area contributed by atoms with Crippen molar-refractivity contribution in [3.63, 3.8) is 0 Å². The zero-order valence-corrected chi connectivity index (χ0v) is 11.2. The van der Waals surface area contributed by atoms with E-state index in [1.54, 1.807) is 6.07 Å². The molecule has 0 bridgehead atoms. The molecule has 2 aromatic heterocycles. The molecule has 0 saturated heterocycles. The molecule has 0 N–H and O–H groups in total. The van der Waals surface area contributed by atoms with Crippen LogP contribution in [0.25, 0.3) is 16.7 Å². The Morgan fingerprint density at radius 3 is 2.74 bits per heavy atom. The van der Waals surface area contributed by atoms with E-state index in [4.69, 9.17) is 0 Å². The van der Waals surface area contributed by atoms with Crippen molar-refractivity contribution in [3.8, 4) is 5.82 Å². The summed E-state index contributed by atoms with van der Waals surface area (Å²) in [5, 5.41) is 11.7. The van der Waals surface area contributed by atoms with Gasteiger partial charge in [-0.25, -0.2) is 4.98 Å². The quantitative estimate of drug-likeness (QED) is 0.535. The number of hydrogen-bond donors (Lipinski definition) is 0. The average Bonchev–Trinajstić information content (AvgIpc) is 2.81. The highest BCUT2D eigenvalue weighted by Crippen LogP contribution is 2.23. The Morgan fingerprint density at radius 1 is 1.21 bits per heavy atom. The molecule has 0 atom stereocenters. The van der Waals surface area contributed by atoms with Crippen molar-refractivity contribution in [1.29, 1.82) is 0 Å². The van der Waals surface area contributed by atoms with Crippen LogP contribution < -0.4 is 0 Å². The summed E-state index contributed by atoms with van der Waals surface area (Å²) in [6.07, 6.45) is 3.16. The van der Waals surface area contributed by atoms with Crippen LogP contribution in [0.4, 0.5) is 5.69 Å². The van der Waals surface area contributed by atoms with Gasteiger partial charge in [0.05, 0.1) is 10.4 Å². The van der Waals surface area contributed by atoms with E-state index in [9.17, 15) is 10.1 Å². The molecular formula is C13H8BrN3O2. The topological polar surface area (TPSA) is 61.0 Å². The number of pyridine rings is 1. The summed E-state index contributed by atoms with van der Waals surface area (Å²) < 4.78 is 2.90. The molecule has 0 unspecified atom stereocenters. The number of aromatic nitrogens is 2. The molecule has 0 amide bonds. The Labute approximate surface area is 116 Å². The smallest absolute Gasteiger partial charge is 0.287 e. The SMILES string of the molecule is O=[N+]([O-])c1ccc(-n2ccc3cc(Br)ccc32)nc1. The highest BCUT2D eigenvalue weighted by molar-refractivity contribution is 9.10. The van der Waals surface area contributed by atoms with Crippen molar-refractivity contribution < 1.29 is 4.92 Å². The first-order valence-electron chi connectivity index (χ1n) is 5.52. The zero-order valence-electron chi connectivity index (χ0n) is 9.65. The van der Waals surface area contributed by atoms with Crippen molar-refractivity contribution in [1.82, 2.24) is 9.55 Å².